The number of amides is 1. The number of fused-ring (bicyclic) bond motifs is 2. The van der Waals surface area contributed by atoms with Crippen LogP contribution < -0.4 is 14.8 Å². The van der Waals surface area contributed by atoms with Gasteiger partial charge in [0.15, 0.2) is 11.5 Å². The topological polar surface area (TPSA) is 83.7 Å². The summed E-state index contributed by atoms with van der Waals surface area (Å²) in [5.74, 6) is -0.0342. The molecule has 0 radical (unpaired) electrons. The van der Waals surface area contributed by atoms with Crippen molar-refractivity contribution in [3.63, 3.8) is 0 Å². The number of hydrogen-bond acceptors (Lipinski definition) is 5. The minimum Gasteiger partial charge on any atom is -0.458 e. The molecule has 3 heterocycles. The Kier molecular flexibility index (Phi) is 5.45. The molecule has 5 rings (SSSR count). The van der Waals surface area contributed by atoms with Crippen molar-refractivity contribution < 1.29 is 28.2 Å². The van der Waals surface area contributed by atoms with E-state index in [1.54, 1.807) is 60.9 Å². The maximum absolute atomic E-state index is 13.4. The zero-order valence-electron chi connectivity index (χ0n) is 18.6. The van der Waals surface area contributed by atoms with Gasteiger partial charge in [-0.25, -0.2) is 9.18 Å². The van der Waals surface area contributed by atoms with Crippen molar-refractivity contribution in [1.29, 1.82) is 0 Å². The van der Waals surface area contributed by atoms with Gasteiger partial charge in [0.05, 0.1) is 17.1 Å². The number of nitrogens with zero attached hydrogens (tertiary/aromatic N) is 2. The average Bonchev–Trinajstić information content (AvgIpc) is 3.50. The number of nitrogens with one attached hydrogen (secondary N) is 1. The number of esters is 1. The molecular weight excluding hydrogens is 441 g/mol. The van der Waals surface area contributed by atoms with Crippen LogP contribution in [0.15, 0.2) is 60.8 Å². The number of anilines is 1. The Bertz CT molecular complexity index is 1390. The standard InChI is InChI=1S/C25H22FN3O5/c1-15(2)34-25(31)21-12-20-19(9-10-28(20)18-6-3-16(26)4-7-18)29(21)13-24(30)27-17-5-8-22-23(11-17)33-14-32-22/h3-12,15H,13-14H2,1-2H3,(H,27,30). The van der Waals surface area contributed by atoms with Crippen molar-refractivity contribution >= 4 is 28.6 Å². The van der Waals surface area contributed by atoms with Crippen LogP contribution in [0.4, 0.5) is 10.1 Å². The summed E-state index contributed by atoms with van der Waals surface area (Å²) < 4.78 is 32.9. The summed E-state index contributed by atoms with van der Waals surface area (Å²) in [7, 11) is 0. The minimum absolute atomic E-state index is 0.117. The van der Waals surface area contributed by atoms with Crippen LogP contribution in [0.2, 0.25) is 0 Å². The molecule has 174 valence electrons. The van der Waals surface area contributed by atoms with Gasteiger partial charge in [-0.15, -0.1) is 0 Å². The van der Waals surface area contributed by atoms with Crippen molar-refractivity contribution in [3.8, 4) is 17.2 Å². The van der Waals surface area contributed by atoms with E-state index in [9.17, 15) is 14.0 Å². The third-order valence-corrected chi connectivity index (χ3v) is 5.37. The highest BCUT2D eigenvalue weighted by Gasteiger charge is 2.22. The summed E-state index contributed by atoms with van der Waals surface area (Å²) in [6, 6.07) is 14.6. The van der Waals surface area contributed by atoms with Gasteiger partial charge < -0.3 is 28.7 Å². The summed E-state index contributed by atoms with van der Waals surface area (Å²) in [5.41, 5.74) is 2.88. The Labute approximate surface area is 194 Å². The van der Waals surface area contributed by atoms with Crippen LogP contribution in [0.25, 0.3) is 16.7 Å². The van der Waals surface area contributed by atoms with Gasteiger partial charge in [-0.1, -0.05) is 0 Å². The molecule has 0 fully saturated rings. The first kappa shape index (κ1) is 21.6. The number of ether oxygens (including phenoxy) is 3. The van der Waals surface area contributed by atoms with Crippen LogP contribution in [-0.2, 0) is 16.1 Å². The number of carbonyl (C=O) groups is 2. The van der Waals surface area contributed by atoms with Crippen LogP contribution in [-0.4, -0.2) is 33.9 Å². The fourth-order valence-electron chi connectivity index (χ4n) is 3.90. The van der Waals surface area contributed by atoms with Crippen LogP contribution in [0.5, 0.6) is 11.5 Å². The lowest BCUT2D eigenvalue weighted by Crippen LogP contribution is -2.22. The van der Waals surface area contributed by atoms with Crippen molar-refractivity contribution in [1.82, 2.24) is 9.13 Å². The highest BCUT2D eigenvalue weighted by molar-refractivity contribution is 5.98. The second-order valence-corrected chi connectivity index (χ2v) is 8.12. The predicted octanol–water partition coefficient (Wildman–Crippen LogP) is 4.50. The predicted molar refractivity (Wildman–Crippen MR) is 123 cm³/mol. The first-order valence-electron chi connectivity index (χ1n) is 10.8. The fraction of sp³-hybridized carbons (Fsp3) is 0.200. The van der Waals surface area contributed by atoms with E-state index in [2.05, 4.69) is 5.32 Å². The molecule has 0 saturated carbocycles. The number of carbonyl (C=O) groups excluding carboxylic acids is 2. The third kappa shape index (κ3) is 4.07. The summed E-state index contributed by atoms with van der Waals surface area (Å²) >= 11 is 0. The number of aromatic nitrogens is 2. The SMILES string of the molecule is CC(C)OC(=O)c1cc2c(ccn2-c2ccc(F)cc2)n1CC(=O)Nc1ccc2c(c1)OCO2. The lowest BCUT2D eigenvalue weighted by molar-refractivity contribution is -0.116. The van der Waals surface area contributed by atoms with Crippen LogP contribution in [0.3, 0.4) is 0 Å². The van der Waals surface area contributed by atoms with Crippen molar-refractivity contribution in [3.05, 3.63) is 72.3 Å². The molecule has 2 aromatic heterocycles. The number of rotatable bonds is 6. The lowest BCUT2D eigenvalue weighted by Gasteiger charge is -2.12. The molecule has 1 N–H and O–H groups in total. The van der Waals surface area contributed by atoms with Gasteiger partial charge >= 0.3 is 5.97 Å². The van der Waals surface area contributed by atoms with Crippen LogP contribution >= 0.6 is 0 Å². The number of hydrogen-bond donors (Lipinski definition) is 1. The molecule has 2 aromatic carbocycles. The molecule has 0 atom stereocenters. The summed E-state index contributed by atoms with van der Waals surface area (Å²) in [6.45, 7) is 3.54. The van der Waals surface area contributed by atoms with Gasteiger partial charge in [0, 0.05) is 23.6 Å². The minimum atomic E-state index is -0.535. The first-order chi connectivity index (χ1) is 16.4. The Hall–Kier alpha value is -4.27. The fourth-order valence-corrected chi connectivity index (χ4v) is 3.90. The van der Waals surface area contributed by atoms with Crippen LogP contribution in [0.1, 0.15) is 24.3 Å². The molecule has 0 saturated heterocycles. The molecule has 1 aliphatic heterocycles. The molecule has 1 amide bonds. The average molecular weight is 463 g/mol. The molecule has 0 spiro atoms. The second-order valence-electron chi connectivity index (χ2n) is 8.12. The maximum Gasteiger partial charge on any atom is 0.355 e. The smallest absolute Gasteiger partial charge is 0.355 e. The normalized spacial score (nSPS) is 12.4. The quantitative estimate of drug-likeness (QED) is 0.426. The maximum atomic E-state index is 13.4. The van der Waals surface area contributed by atoms with Gasteiger partial charge in [0.2, 0.25) is 12.7 Å². The van der Waals surface area contributed by atoms with Gasteiger partial charge in [0.25, 0.3) is 0 Å². The number of benzene rings is 2. The van der Waals surface area contributed by atoms with E-state index in [4.69, 9.17) is 14.2 Å². The molecule has 0 unspecified atom stereocenters. The lowest BCUT2D eigenvalue weighted by atomic mass is 10.2. The Morgan fingerprint density at radius 3 is 2.56 bits per heavy atom. The molecular formula is C25H22FN3O5. The molecule has 9 heteroatoms. The van der Waals surface area contributed by atoms with E-state index in [0.29, 0.717) is 28.2 Å². The molecule has 8 nitrogen and oxygen atoms in total. The van der Waals surface area contributed by atoms with E-state index in [1.807, 2.05) is 10.8 Å². The molecule has 0 aliphatic carbocycles. The van der Waals surface area contributed by atoms with Crippen molar-refractivity contribution in [2.45, 2.75) is 26.5 Å². The van der Waals surface area contributed by atoms with Gasteiger partial charge in [-0.3, -0.25) is 4.79 Å². The zero-order valence-corrected chi connectivity index (χ0v) is 18.6. The van der Waals surface area contributed by atoms with Gasteiger partial charge in [-0.2, -0.15) is 0 Å². The first-order valence-corrected chi connectivity index (χ1v) is 10.8. The molecule has 1 aliphatic rings. The van der Waals surface area contributed by atoms with Gasteiger partial charge in [0.1, 0.15) is 18.1 Å². The molecule has 0 bridgehead atoms. The Balaban J connectivity index is 1.48. The summed E-state index contributed by atoms with van der Waals surface area (Å²) in [6.07, 6.45) is 1.48. The second kappa shape index (κ2) is 8.58. The van der Waals surface area contributed by atoms with E-state index in [-0.39, 0.29) is 36.9 Å². The van der Waals surface area contributed by atoms with E-state index in [0.717, 1.165) is 5.69 Å². The Morgan fingerprint density at radius 1 is 1.03 bits per heavy atom. The highest BCUT2D eigenvalue weighted by atomic mass is 19.1. The third-order valence-electron chi connectivity index (χ3n) is 5.37. The van der Waals surface area contributed by atoms with E-state index >= 15 is 0 Å². The van der Waals surface area contributed by atoms with Crippen molar-refractivity contribution in [2.24, 2.45) is 0 Å². The van der Waals surface area contributed by atoms with E-state index < -0.39 is 5.97 Å². The van der Waals surface area contributed by atoms with Gasteiger partial charge in [-0.05, 0) is 62.4 Å². The summed E-state index contributed by atoms with van der Waals surface area (Å²) in [5, 5.41) is 2.83. The van der Waals surface area contributed by atoms with Crippen LogP contribution in [0, 0.1) is 5.82 Å². The number of halogens is 1. The molecule has 4 aromatic rings. The van der Waals surface area contributed by atoms with Crippen molar-refractivity contribution in [2.75, 3.05) is 12.1 Å². The monoisotopic (exact) mass is 463 g/mol. The Morgan fingerprint density at radius 2 is 1.79 bits per heavy atom. The largest absolute Gasteiger partial charge is 0.458 e. The highest BCUT2D eigenvalue weighted by Crippen LogP contribution is 2.34. The van der Waals surface area contributed by atoms with E-state index in [1.165, 1.54) is 12.1 Å². The summed E-state index contributed by atoms with van der Waals surface area (Å²) in [4.78, 5) is 25.8. The zero-order chi connectivity index (χ0) is 23.8. The molecule has 34 heavy (non-hydrogen) atoms.